The van der Waals surface area contributed by atoms with Crippen LogP contribution in [-0.2, 0) is 19.4 Å². The number of fused-ring (bicyclic) bond motifs is 1. The van der Waals surface area contributed by atoms with Crippen LogP contribution in [0.4, 0.5) is 0 Å². The fourth-order valence-corrected chi connectivity index (χ4v) is 3.23. The van der Waals surface area contributed by atoms with E-state index in [0.29, 0.717) is 5.92 Å². The lowest BCUT2D eigenvalue weighted by Crippen LogP contribution is -2.41. The number of hydrazine groups is 1. The van der Waals surface area contributed by atoms with E-state index in [1.165, 1.54) is 11.1 Å². The Morgan fingerprint density at radius 2 is 2.30 bits per heavy atom. The lowest BCUT2D eigenvalue weighted by atomic mass is 9.91. The van der Waals surface area contributed by atoms with Crippen LogP contribution in [0.25, 0.3) is 0 Å². The van der Waals surface area contributed by atoms with E-state index in [2.05, 4.69) is 46.7 Å². The second kappa shape index (κ2) is 5.73. The minimum absolute atomic E-state index is 0.202. The summed E-state index contributed by atoms with van der Waals surface area (Å²) in [6.45, 7) is 2.92. The summed E-state index contributed by atoms with van der Waals surface area (Å²) < 4.78 is 1.94. The Kier molecular flexibility index (Phi) is 3.80. The van der Waals surface area contributed by atoms with Gasteiger partial charge in [0.15, 0.2) is 0 Å². The van der Waals surface area contributed by atoms with E-state index in [0.717, 1.165) is 31.6 Å². The number of benzene rings is 1. The van der Waals surface area contributed by atoms with Gasteiger partial charge in [-0.25, -0.2) is 4.98 Å². The van der Waals surface area contributed by atoms with Gasteiger partial charge in [-0.1, -0.05) is 24.3 Å². The lowest BCUT2D eigenvalue weighted by molar-refractivity contribution is 0.418. The standard InChI is InChI=1S/C15H21N5/c1-2-20-15(17-10-18-20)9-14(19-16)13-8-7-11-5-3-4-6-12(11)13/h3-6,10,13-14,19H,2,7-9,16H2,1H3. The minimum atomic E-state index is 0.202. The molecule has 2 unspecified atom stereocenters. The number of hydrogen-bond acceptors (Lipinski definition) is 4. The fourth-order valence-electron chi connectivity index (χ4n) is 3.23. The number of aromatic nitrogens is 3. The van der Waals surface area contributed by atoms with Crippen molar-refractivity contribution in [2.24, 2.45) is 5.84 Å². The zero-order valence-corrected chi connectivity index (χ0v) is 11.8. The fraction of sp³-hybridized carbons (Fsp3) is 0.467. The van der Waals surface area contributed by atoms with Crippen molar-refractivity contribution in [1.82, 2.24) is 20.2 Å². The topological polar surface area (TPSA) is 68.8 Å². The predicted molar refractivity (Wildman–Crippen MR) is 78.0 cm³/mol. The van der Waals surface area contributed by atoms with Crippen LogP contribution in [0, 0.1) is 0 Å². The maximum absolute atomic E-state index is 5.81. The molecule has 1 aliphatic carbocycles. The van der Waals surface area contributed by atoms with Crippen LogP contribution < -0.4 is 11.3 Å². The van der Waals surface area contributed by atoms with Crippen molar-refractivity contribution < 1.29 is 0 Å². The number of aryl methyl sites for hydroxylation is 2. The smallest absolute Gasteiger partial charge is 0.138 e. The summed E-state index contributed by atoms with van der Waals surface area (Å²) in [7, 11) is 0. The normalized spacial score (nSPS) is 19.0. The van der Waals surface area contributed by atoms with E-state index in [1.807, 2.05) is 4.68 Å². The van der Waals surface area contributed by atoms with Gasteiger partial charge in [0.25, 0.3) is 0 Å². The molecule has 0 saturated carbocycles. The summed E-state index contributed by atoms with van der Waals surface area (Å²) in [6, 6.07) is 8.87. The van der Waals surface area contributed by atoms with Crippen molar-refractivity contribution in [3.05, 3.63) is 47.5 Å². The maximum atomic E-state index is 5.81. The highest BCUT2D eigenvalue weighted by molar-refractivity contribution is 5.36. The van der Waals surface area contributed by atoms with Crippen molar-refractivity contribution in [3.8, 4) is 0 Å². The van der Waals surface area contributed by atoms with Crippen molar-refractivity contribution in [2.45, 2.75) is 44.7 Å². The number of rotatable bonds is 5. The Hall–Kier alpha value is -1.72. The molecule has 106 valence electrons. The second-order valence-corrected chi connectivity index (χ2v) is 5.31. The molecule has 1 aliphatic rings. The number of nitrogens with zero attached hydrogens (tertiary/aromatic N) is 3. The van der Waals surface area contributed by atoms with Crippen molar-refractivity contribution in [1.29, 1.82) is 0 Å². The van der Waals surface area contributed by atoms with E-state index in [1.54, 1.807) is 6.33 Å². The molecule has 2 aromatic rings. The first kappa shape index (κ1) is 13.3. The van der Waals surface area contributed by atoms with Gasteiger partial charge < -0.3 is 0 Å². The van der Waals surface area contributed by atoms with Crippen LogP contribution in [0.2, 0.25) is 0 Å². The molecule has 1 heterocycles. The Balaban J connectivity index is 1.81. The molecule has 20 heavy (non-hydrogen) atoms. The molecule has 0 spiro atoms. The van der Waals surface area contributed by atoms with Gasteiger partial charge in [0.2, 0.25) is 0 Å². The molecule has 0 radical (unpaired) electrons. The van der Waals surface area contributed by atoms with Crippen molar-refractivity contribution in [2.75, 3.05) is 0 Å². The highest BCUT2D eigenvalue weighted by Crippen LogP contribution is 2.35. The number of hydrogen-bond donors (Lipinski definition) is 2. The molecular weight excluding hydrogens is 250 g/mol. The second-order valence-electron chi connectivity index (χ2n) is 5.31. The van der Waals surface area contributed by atoms with Crippen LogP contribution in [0.1, 0.15) is 36.2 Å². The van der Waals surface area contributed by atoms with E-state index in [9.17, 15) is 0 Å². The molecular formula is C15H21N5. The molecule has 5 heteroatoms. The van der Waals surface area contributed by atoms with Crippen LogP contribution in [0.3, 0.4) is 0 Å². The molecule has 0 amide bonds. The third-order valence-corrected chi connectivity index (χ3v) is 4.28. The predicted octanol–water partition coefficient (Wildman–Crippen LogP) is 1.40. The Morgan fingerprint density at radius 1 is 1.45 bits per heavy atom. The van der Waals surface area contributed by atoms with Crippen LogP contribution in [-0.4, -0.2) is 20.8 Å². The molecule has 0 fully saturated rings. The Labute approximate surface area is 119 Å². The van der Waals surface area contributed by atoms with E-state index in [4.69, 9.17) is 5.84 Å². The Bertz CT molecular complexity index is 577. The first-order valence-corrected chi connectivity index (χ1v) is 7.24. The third-order valence-electron chi connectivity index (χ3n) is 4.28. The monoisotopic (exact) mass is 271 g/mol. The summed E-state index contributed by atoms with van der Waals surface area (Å²) >= 11 is 0. The Morgan fingerprint density at radius 3 is 3.10 bits per heavy atom. The van der Waals surface area contributed by atoms with Gasteiger partial charge in [-0.2, -0.15) is 5.10 Å². The highest BCUT2D eigenvalue weighted by Gasteiger charge is 2.29. The number of nitrogens with one attached hydrogen (secondary N) is 1. The van der Waals surface area contributed by atoms with E-state index >= 15 is 0 Å². The van der Waals surface area contributed by atoms with Gasteiger partial charge in [0.1, 0.15) is 12.2 Å². The first-order chi connectivity index (χ1) is 9.83. The highest BCUT2D eigenvalue weighted by atomic mass is 15.3. The first-order valence-electron chi connectivity index (χ1n) is 7.24. The average Bonchev–Trinajstić information content (AvgIpc) is 3.11. The number of nitrogens with two attached hydrogens (primary N) is 1. The maximum Gasteiger partial charge on any atom is 0.138 e. The lowest BCUT2D eigenvalue weighted by Gasteiger charge is -2.23. The summed E-state index contributed by atoms with van der Waals surface area (Å²) in [5.74, 6) is 7.27. The van der Waals surface area contributed by atoms with Gasteiger partial charge >= 0.3 is 0 Å². The summed E-state index contributed by atoms with van der Waals surface area (Å²) in [5, 5.41) is 4.23. The SMILES string of the molecule is CCn1ncnc1CC(NN)C1CCc2ccccc21. The zero-order chi connectivity index (χ0) is 13.9. The molecule has 0 saturated heterocycles. The largest absolute Gasteiger partial charge is 0.271 e. The zero-order valence-electron chi connectivity index (χ0n) is 11.8. The average molecular weight is 271 g/mol. The third kappa shape index (κ3) is 2.34. The summed E-state index contributed by atoms with van der Waals surface area (Å²) in [4.78, 5) is 4.36. The molecule has 5 nitrogen and oxygen atoms in total. The quantitative estimate of drug-likeness (QED) is 0.637. The summed E-state index contributed by atoms with van der Waals surface area (Å²) in [6.07, 6.45) is 4.71. The van der Waals surface area contributed by atoms with Gasteiger partial charge in [-0.3, -0.25) is 16.0 Å². The molecule has 3 rings (SSSR count). The van der Waals surface area contributed by atoms with E-state index < -0.39 is 0 Å². The molecule has 2 atom stereocenters. The molecule has 3 N–H and O–H groups in total. The van der Waals surface area contributed by atoms with Gasteiger partial charge in [0.05, 0.1) is 0 Å². The van der Waals surface area contributed by atoms with Crippen LogP contribution in [0.15, 0.2) is 30.6 Å². The van der Waals surface area contributed by atoms with Gasteiger partial charge in [-0.05, 0) is 30.9 Å². The minimum Gasteiger partial charge on any atom is -0.271 e. The molecule has 0 bridgehead atoms. The van der Waals surface area contributed by atoms with Crippen molar-refractivity contribution >= 4 is 0 Å². The molecule has 0 aliphatic heterocycles. The molecule has 1 aromatic heterocycles. The summed E-state index contributed by atoms with van der Waals surface area (Å²) in [5.41, 5.74) is 5.88. The van der Waals surface area contributed by atoms with E-state index in [-0.39, 0.29) is 6.04 Å². The molecule has 1 aromatic carbocycles. The van der Waals surface area contributed by atoms with Gasteiger partial charge in [0, 0.05) is 24.9 Å². The van der Waals surface area contributed by atoms with Crippen molar-refractivity contribution in [3.63, 3.8) is 0 Å². The van der Waals surface area contributed by atoms with Gasteiger partial charge in [-0.15, -0.1) is 0 Å². The van der Waals surface area contributed by atoms with Crippen LogP contribution in [0.5, 0.6) is 0 Å². The van der Waals surface area contributed by atoms with Crippen LogP contribution >= 0.6 is 0 Å².